The summed E-state index contributed by atoms with van der Waals surface area (Å²) in [4.78, 5) is 11.0. The van der Waals surface area contributed by atoms with Gasteiger partial charge in [0, 0.05) is 31.3 Å². The Kier molecular flexibility index (Phi) is 2.99. The number of fused-ring (bicyclic) bond motifs is 3. The van der Waals surface area contributed by atoms with Gasteiger partial charge in [-0.05, 0) is 36.4 Å². The maximum absolute atomic E-state index is 11.0. The van der Waals surface area contributed by atoms with Crippen molar-refractivity contribution < 1.29 is 9.90 Å². The fraction of sp³-hybridized carbons (Fsp3) is 0.0714. The summed E-state index contributed by atoms with van der Waals surface area (Å²) in [6.45, 7) is -0.0662. The molecule has 0 atom stereocenters. The zero-order valence-electron chi connectivity index (χ0n) is 9.73. The maximum Gasteiger partial charge on any atom is 0.323 e. The second-order valence-corrected chi connectivity index (χ2v) is 5.65. The predicted molar refractivity (Wildman–Crippen MR) is 79.8 cm³/mol. The van der Waals surface area contributed by atoms with Crippen LogP contribution in [-0.4, -0.2) is 15.6 Å². The van der Waals surface area contributed by atoms with Crippen molar-refractivity contribution in [1.82, 2.24) is 4.57 Å². The molecule has 2 aromatic carbocycles. The topological polar surface area (TPSA) is 42.2 Å². The van der Waals surface area contributed by atoms with Crippen LogP contribution >= 0.6 is 27.5 Å². The Morgan fingerprint density at radius 1 is 1.16 bits per heavy atom. The normalized spacial score (nSPS) is 11.3. The summed E-state index contributed by atoms with van der Waals surface area (Å²) < 4.78 is 2.74. The van der Waals surface area contributed by atoms with Crippen LogP contribution < -0.4 is 0 Å². The highest BCUT2D eigenvalue weighted by Crippen LogP contribution is 2.32. The fourth-order valence-corrected chi connectivity index (χ4v) is 2.89. The van der Waals surface area contributed by atoms with E-state index in [1.54, 1.807) is 10.6 Å². The van der Waals surface area contributed by atoms with Crippen LogP contribution in [0.25, 0.3) is 21.8 Å². The number of carbonyl (C=O) groups is 1. The molecule has 3 rings (SSSR count). The quantitative estimate of drug-likeness (QED) is 0.757. The number of hydrogen-bond acceptors (Lipinski definition) is 1. The van der Waals surface area contributed by atoms with E-state index in [4.69, 9.17) is 16.7 Å². The molecule has 3 aromatic rings. The van der Waals surface area contributed by atoms with Crippen molar-refractivity contribution in [3.63, 3.8) is 0 Å². The first-order chi connectivity index (χ1) is 9.06. The van der Waals surface area contributed by atoms with Crippen LogP contribution in [0.3, 0.4) is 0 Å². The predicted octanol–water partition coefficient (Wildman–Crippen LogP) is 4.30. The summed E-state index contributed by atoms with van der Waals surface area (Å²) in [5, 5.41) is 11.7. The second kappa shape index (κ2) is 4.54. The number of rotatable bonds is 2. The first-order valence-electron chi connectivity index (χ1n) is 5.65. The van der Waals surface area contributed by atoms with Crippen molar-refractivity contribution in [3.05, 3.63) is 45.9 Å². The van der Waals surface area contributed by atoms with E-state index in [1.165, 1.54) is 0 Å². The van der Waals surface area contributed by atoms with Gasteiger partial charge in [-0.1, -0.05) is 27.5 Å². The largest absolute Gasteiger partial charge is 0.480 e. The highest BCUT2D eigenvalue weighted by atomic mass is 79.9. The van der Waals surface area contributed by atoms with Gasteiger partial charge < -0.3 is 9.67 Å². The van der Waals surface area contributed by atoms with Gasteiger partial charge in [0.2, 0.25) is 0 Å². The molecule has 0 aliphatic heterocycles. The minimum atomic E-state index is -0.864. The van der Waals surface area contributed by atoms with E-state index in [1.807, 2.05) is 30.3 Å². The van der Waals surface area contributed by atoms with Gasteiger partial charge in [0.25, 0.3) is 0 Å². The molecular weight excluding hydrogens is 330 g/mol. The minimum Gasteiger partial charge on any atom is -0.480 e. The Morgan fingerprint density at radius 3 is 2.47 bits per heavy atom. The molecule has 1 N–H and O–H groups in total. The highest BCUT2D eigenvalue weighted by Gasteiger charge is 2.13. The van der Waals surface area contributed by atoms with Crippen molar-refractivity contribution in [2.75, 3.05) is 0 Å². The average molecular weight is 339 g/mol. The van der Waals surface area contributed by atoms with Crippen molar-refractivity contribution in [2.45, 2.75) is 6.54 Å². The number of nitrogens with zero attached hydrogens (tertiary/aromatic N) is 1. The van der Waals surface area contributed by atoms with Gasteiger partial charge in [-0.2, -0.15) is 0 Å². The van der Waals surface area contributed by atoms with Crippen molar-refractivity contribution in [2.24, 2.45) is 0 Å². The molecule has 96 valence electrons. The summed E-state index contributed by atoms with van der Waals surface area (Å²) in [5.74, 6) is -0.864. The SMILES string of the molecule is O=C(O)Cn1c2ccc(Cl)cc2c2cc(Br)ccc21. The third kappa shape index (κ3) is 2.11. The lowest BCUT2D eigenvalue weighted by Crippen LogP contribution is -2.08. The number of carboxylic acid groups (broad SMARTS) is 1. The Bertz CT molecular complexity index is 751. The molecule has 0 fully saturated rings. The van der Waals surface area contributed by atoms with Crippen LogP contribution in [0.4, 0.5) is 0 Å². The molecular formula is C14H9BrClNO2. The number of benzene rings is 2. The van der Waals surface area contributed by atoms with E-state index in [0.717, 1.165) is 26.3 Å². The molecule has 19 heavy (non-hydrogen) atoms. The first kappa shape index (κ1) is 12.5. The van der Waals surface area contributed by atoms with E-state index in [0.29, 0.717) is 5.02 Å². The van der Waals surface area contributed by atoms with Gasteiger partial charge in [-0.25, -0.2) is 0 Å². The number of hydrogen-bond donors (Lipinski definition) is 1. The van der Waals surface area contributed by atoms with Gasteiger partial charge in [-0.3, -0.25) is 4.79 Å². The average Bonchev–Trinajstić information content (AvgIpc) is 2.62. The fourth-order valence-electron chi connectivity index (χ4n) is 2.35. The molecule has 5 heteroatoms. The zero-order valence-corrected chi connectivity index (χ0v) is 12.1. The molecule has 3 nitrogen and oxygen atoms in total. The molecule has 0 amide bonds. The highest BCUT2D eigenvalue weighted by molar-refractivity contribution is 9.10. The monoisotopic (exact) mass is 337 g/mol. The lowest BCUT2D eigenvalue weighted by Gasteiger charge is -2.03. The second-order valence-electron chi connectivity index (χ2n) is 4.30. The molecule has 0 spiro atoms. The summed E-state index contributed by atoms with van der Waals surface area (Å²) >= 11 is 9.47. The third-order valence-corrected chi connectivity index (χ3v) is 3.81. The van der Waals surface area contributed by atoms with Crippen molar-refractivity contribution >= 4 is 55.3 Å². The summed E-state index contributed by atoms with van der Waals surface area (Å²) in [6.07, 6.45) is 0. The number of aromatic nitrogens is 1. The van der Waals surface area contributed by atoms with E-state index in [-0.39, 0.29) is 6.54 Å². The minimum absolute atomic E-state index is 0.0662. The van der Waals surface area contributed by atoms with Crippen LogP contribution in [-0.2, 0) is 11.3 Å². The van der Waals surface area contributed by atoms with Crippen LogP contribution in [0.5, 0.6) is 0 Å². The van der Waals surface area contributed by atoms with Crippen molar-refractivity contribution in [1.29, 1.82) is 0 Å². The summed E-state index contributed by atoms with van der Waals surface area (Å²) in [5.41, 5.74) is 1.77. The van der Waals surface area contributed by atoms with E-state index in [9.17, 15) is 4.79 Å². The van der Waals surface area contributed by atoms with E-state index >= 15 is 0 Å². The lowest BCUT2D eigenvalue weighted by molar-refractivity contribution is -0.137. The van der Waals surface area contributed by atoms with Crippen molar-refractivity contribution in [3.8, 4) is 0 Å². The van der Waals surface area contributed by atoms with Gasteiger partial charge in [0.1, 0.15) is 6.54 Å². The molecule has 1 heterocycles. The molecule has 0 aliphatic carbocycles. The maximum atomic E-state index is 11.0. The Morgan fingerprint density at radius 2 is 1.79 bits per heavy atom. The third-order valence-electron chi connectivity index (χ3n) is 3.08. The lowest BCUT2D eigenvalue weighted by atomic mass is 10.1. The zero-order chi connectivity index (χ0) is 13.6. The standard InChI is InChI=1S/C14H9BrClNO2/c15-8-1-3-12-10(5-8)11-6-9(16)2-4-13(11)17(12)7-14(18)19/h1-6H,7H2,(H,18,19). The molecule has 0 radical (unpaired) electrons. The molecule has 0 saturated carbocycles. The van der Waals surface area contributed by atoms with Crippen LogP contribution in [0.2, 0.25) is 5.02 Å². The number of carboxylic acids is 1. The van der Waals surface area contributed by atoms with Gasteiger partial charge in [0.05, 0.1) is 0 Å². The van der Waals surface area contributed by atoms with Crippen LogP contribution in [0.1, 0.15) is 0 Å². The Labute approximate surface area is 122 Å². The Hall–Kier alpha value is -1.52. The Balaban J connectivity index is 2.46. The smallest absolute Gasteiger partial charge is 0.323 e. The molecule has 0 saturated heterocycles. The van der Waals surface area contributed by atoms with Gasteiger partial charge >= 0.3 is 5.97 Å². The van der Waals surface area contributed by atoms with E-state index in [2.05, 4.69) is 15.9 Å². The van der Waals surface area contributed by atoms with E-state index < -0.39 is 5.97 Å². The van der Waals surface area contributed by atoms with Crippen LogP contribution in [0, 0.1) is 0 Å². The van der Waals surface area contributed by atoms with Crippen LogP contribution in [0.15, 0.2) is 40.9 Å². The first-order valence-corrected chi connectivity index (χ1v) is 6.82. The molecule has 0 bridgehead atoms. The number of aliphatic carboxylic acids is 1. The van der Waals surface area contributed by atoms with Gasteiger partial charge in [-0.15, -0.1) is 0 Å². The molecule has 0 aliphatic rings. The summed E-state index contributed by atoms with van der Waals surface area (Å²) in [6, 6.07) is 11.3. The van der Waals surface area contributed by atoms with Gasteiger partial charge in [0.15, 0.2) is 0 Å². The molecule has 0 unspecified atom stereocenters. The summed E-state index contributed by atoms with van der Waals surface area (Å²) in [7, 11) is 0. The molecule has 1 aromatic heterocycles. The number of halogens is 2.